The highest BCUT2D eigenvalue weighted by Crippen LogP contribution is 2.31. The molecule has 1 saturated carbocycles. The van der Waals surface area contributed by atoms with Crippen LogP contribution in [0.3, 0.4) is 0 Å². The Bertz CT molecular complexity index is 404. The summed E-state index contributed by atoms with van der Waals surface area (Å²) in [5, 5.41) is 3.52. The van der Waals surface area contributed by atoms with E-state index in [9.17, 15) is 4.39 Å². The van der Waals surface area contributed by atoms with Crippen LogP contribution < -0.4 is 10.1 Å². The summed E-state index contributed by atoms with van der Waals surface area (Å²) in [7, 11) is 1.50. The van der Waals surface area contributed by atoms with E-state index in [1.54, 1.807) is 12.1 Å². The van der Waals surface area contributed by atoms with Gasteiger partial charge >= 0.3 is 0 Å². The molecule has 0 spiro atoms. The second-order valence-electron chi connectivity index (χ2n) is 5.46. The molecule has 0 aromatic heterocycles. The number of ether oxygens (including phenoxy) is 1. The summed E-state index contributed by atoms with van der Waals surface area (Å²) in [6.07, 6.45) is 6.20. The Morgan fingerprint density at radius 3 is 2.74 bits per heavy atom. The van der Waals surface area contributed by atoms with Gasteiger partial charge in [-0.05, 0) is 43.0 Å². The van der Waals surface area contributed by atoms with Crippen molar-refractivity contribution >= 4 is 0 Å². The predicted octanol–water partition coefficient (Wildman–Crippen LogP) is 3.55. The third-order valence-electron chi connectivity index (χ3n) is 4.03. The molecule has 0 amide bonds. The first kappa shape index (κ1) is 14.3. The van der Waals surface area contributed by atoms with E-state index < -0.39 is 0 Å². The topological polar surface area (TPSA) is 21.3 Å². The van der Waals surface area contributed by atoms with Crippen LogP contribution in [0.5, 0.6) is 5.75 Å². The normalized spacial score (nSPS) is 17.0. The maximum Gasteiger partial charge on any atom is 0.165 e. The van der Waals surface area contributed by atoms with Gasteiger partial charge in [0, 0.05) is 6.04 Å². The van der Waals surface area contributed by atoms with Gasteiger partial charge in [-0.25, -0.2) is 4.39 Å². The van der Waals surface area contributed by atoms with Crippen molar-refractivity contribution in [2.75, 3.05) is 13.7 Å². The molecule has 106 valence electrons. The summed E-state index contributed by atoms with van der Waals surface area (Å²) < 4.78 is 18.6. The Balaban J connectivity index is 1.96. The van der Waals surface area contributed by atoms with Gasteiger partial charge in [-0.3, -0.25) is 0 Å². The van der Waals surface area contributed by atoms with E-state index in [1.165, 1.54) is 32.8 Å². The molecule has 1 aliphatic carbocycles. The van der Waals surface area contributed by atoms with Crippen LogP contribution in [-0.4, -0.2) is 19.7 Å². The van der Waals surface area contributed by atoms with Crippen molar-refractivity contribution in [3.8, 4) is 5.75 Å². The van der Waals surface area contributed by atoms with Gasteiger partial charge < -0.3 is 10.1 Å². The Hall–Kier alpha value is -1.09. The maximum absolute atomic E-state index is 13.7. The average Bonchev–Trinajstić information content (AvgIpc) is 2.34. The molecular weight excluding hydrogens is 241 g/mol. The first-order valence-corrected chi connectivity index (χ1v) is 7.28. The molecule has 0 bridgehead atoms. The monoisotopic (exact) mass is 265 g/mol. The molecule has 0 heterocycles. The van der Waals surface area contributed by atoms with Crippen LogP contribution in [0.4, 0.5) is 4.39 Å². The fourth-order valence-corrected chi connectivity index (χ4v) is 2.78. The molecular formula is C16H24FNO. The highest BCUT2D eigenvalue weighted by Gasteiger charge is 2.22. The molecule has 1 aliphatic rings. The molecule has 0 radical (unpaired) electrons. The average molecular weight is 265 g/mol. The third kappa shape index (κ3) is 3.93. The zero-order valence-electron chi connectivity index (χ0n) is 11.9. The summed E-state index contributed by atoms with van der Waals surface area (Å²) >= 11 is 0. The van der Waals surface area contributed by atoms with E-state index in [1.807, 2.05) is 6.07 Å². The molecule has 1 unspecified atom stereocenters. The summed E-state index contributed by atoms with van der Waals surface area (Å²) in [6, 6.07) is 5.75. The van der Waals surface area contributed by atoms with E-state index in [0.717, 1.165) is 24.4 Å². The predicted molar refractivity (Wildman–Crippen MR) is 76.1 cm³/mol. The maximum atomic E-state index is 13.7. The second kappa shape index (κ2) is 6.90. The Morgan fingerprint density at radius 1 is 1.42 bits per heavy atom. The van der Waals surface area contributed by atoms with Crippen LogP contribution in [0.2, 0.25) is 0 Å². The van der Waals surface area contributed by atoms with E-state index >= 15 is 0 Å². The second-order valence-corrected chi connectivity index (χ2v) is 5.46. The van der Waals surface area contributed by atoms with Gasteiger partial charge in [0.15, 0.2) is 11.6 Å². The van der Waals surface area contributed by atoms with Crippen LogP contribution in [0.15, 0.2) is 18.2 Å². The van der Waals surface area contributed by atoms with Crippen molar-refractivity contribution in [2.24, 2.45) is 5.92 Å². The molecule has 2 rings (SSSR count). The van der Waals surface area contributed by atoms with Crippen molar-refractivity contribution in [2.45, 2.75) is 45.1 Å². The number of halogens is 1. The molecule has 0 aliphatic heterocycles. The minimum absolute atomic E-state index is 0.265. The van der Waals surface area contributed by atoms with E-state index in [-0.39, 0.29) is 5.82 Å². The van der Waals surface area contributed by atoms with Gasteiger partial charge in [0.1, 0.15) is 0 Å². The first-order chi connectivity index (χ1) is 9.22. The molecule has 1 aromatic carbocycles. The van der Waals surface area contributed by atoms with Crippen LogP contribution in [0, 0.1) is 11.7 Å². The van der Waals surface area contributed by atoms with Gasteiger partial charge in [-0.1, -0.05) is 32.3 Å². The fourth-order valence-electron chi connectivity index (χ4n) is 2.78. The van der Waals surface area contributed by atoms with Crippen molar-refractivity contribution in [1.29, 1.82) is 0 Å². The number of nitrogens with one attached hydrogen (secondary N) is 1. The highest BCUT2D eigenvalue weighted by atomic mass is 19.1. The summed E-state index contributed by atoms with van der Waals surface area (Å²) in [6.45, 7) is 3.10. The van der Waals surface area contributed by atoms with Gasteiger partial charge in [0.25, 0.3) is 0 Å². The van der Waals surface area contributed by atoms with Crippen LogP contribution in [0.1, 0.15) is 38.2 Å². The summed E-state index contributed by atoms with van der Waals surface area (Å²) in [4.78, 5) is 0. The van der Waals surface area contributed by atoms with Crippen LogP contribution in [0.25, 0.3) is 0 Å². The van der Waals surface area contributed by atoms with Gasteiger partial charge in [0.05, 0.1) is 7.11 Å². The van der Waals surface area contributed by atoms with Gasteiger partial charge in [-0.2, -0.15) is 0 Å². The SMILES string of the molecule is CCNC(Cc1ccc(OC)c(F)c1)CC1CCC1. The number of likely N-dealkylation sites (N-methyl/N-ethyl adjacent to an activating group) is 1. The summed E-state index contributed by atoms with van der Waals surface area (Å²) in [5.74, 6) is 0.925. The molecule has 1 aromatic rings. The molecule has 3 heteroatoms. The lowest BCUT2D eigenvalue weighted by Crippen LogP contribution is -2.34. The Kier molecular flexibility index (Phi) is 5.20. The minimum atomic E-state index is -0.265. The summed E-state index contributed by atoms with van der Waals surface area (Å²) in [5.41, 5.74) is 1.04. The number of hydrogen-bond acceptors (Lipinski definition) is 2. The lowest BCUT2D eigenvalue weighted by molar-refractivity contribution is 0.260. The molecule has 0 saturated heterocycles. The molecule has 1 atom stereocenters. The standard InChI is InChI=1S/C16H24FNO/c1-3-18-14(9-12-5-4-6-12)10-13-7-8-16(19-2)15(17)11-13/h7-8,11-12,14,18H,3-6,9-10H2,1-2H3. The number of hydrogen-bond donors (Lipinski definition) is 1. The Morgan fingerprint density at radius 2 is 2.21 bits per heavy atom. The van der Waals surface area contributed by atoms with Crippen molar-refractivity contribution in [3.63, 3.8) is 0 Å². The third-order valence-corrected chi connectivity index (χ3v) is 4.03. The largest absolute Gasteiger partial charge is 0.494 e. The fraction of sp³-hybridized carbons (Fsp3) is 0.625. The zero-order chi connectivity index (χ0) is 13.7. The molecule has 19 heavy (non-hydrogen) atoms. The number of methoxy groups -OCH3 is 1. The minimum Gasteiger partial charge on any atom is -0.494 e. The van der Waals surface area contributed by atoms with E-state index in [4.69, 9.17) is 4.74 Å². The number of rotatable bonds is 7. The molecule has 1 fully saturated rings. The molecule has 2 nitrogen and oxygen atoms in total. The first-order valence-electron chi connectivity index (χ1n) is 7.28. The van der Waals surface area contributed by atoms with Crippen molar-refractivity contribution in [1.82, 2.24) is 5.32 Å². The molecule has 1 N–H and O–H groups in total. The van der Waals surface area contributed by atoms with E-state index in [2.05, 4.69) is 12.2 Å². The van der Waals surface area contributed by atoms with Gasteiger partial charge in [-0.15, -0.1) is 0 Å². The zero-order valence-corrected chi connectivity index (χ0v) is 11.9. The van der Waals surface area contributed by atoms with Crippen molar-refractivity contribution < 1.29 is 9.13 Å². The quantitative estimate of drug-likeness (QED) is 0.814. The lowest BCUT2D eigenvalue weighted by Gasteiger charge is -2.30. The van der Waals surface area contributed by atoms with Gasteiger partial charge in [0.2, 0.25) is 0 Å². The van der Waals surface area contributed by atoms with E-state index in [0.29, 0.717) is 11.8 Å². The van der Waals surface area contributed by atoms with Crippen LogP contribution >= 0.6 is 0 Å². The number of benzene rings is 1. The van der Waals surface area contributed by atoms with Crippen molar-refractivity contribution in [3.05, 3.63) is 29.6 Å². The lowest BCUT2D eigenvalue weighted by atomic mass is 9.80. The highest BCUT2D eigenvalue weighted by molar-refractivity contribution is 5.29. The Labute approximate surface area is 115 Å². The smallest absolute Gasteiger partial charge is 0.165 e. The van der Waals surface area contributed by atoms with Crippen LogP contribution in [-0.2, 0) is 6.42 Å².